The number of likely N-dealkylation sites (tertiary alicyclic amines) is 1. The van der Waals surface area contributed by atoms with E-state index < -0.39 is 23.5 Å². The first-order chi connectivity index (χ1) is 12.6. The minimum atomic E-state index is -1.04. The van der Waals surface area contributed by atoms with Gasteiger partial charge >= 0.3 is 0 Å². The summed E-state index contributed by atoms with van der Waals surface area (Å²) in [5, 5.41) is 19.8. The smallest absolute Gasteiger partial charge is 0.295 e. The van der Waals surface area contributed by atoms with Crippen molar-refractivity contribution >= 4 is 17.4 Å². The number of aliphatic hydroxyl groups is 2. The minimum Gasteiger partial charge on any atom is -0.507 e. The van der Waals surface area contributed by atoms with Crippen molar-refractivity contribution in [2.75, 3.05) is 13.2 Å². The van der Waals surface area contributed by atoms with Crippen LogP contribution in [0.3, 0.4) is 0 Å². The summed E-state index contributed by atoms with van der Waals surface area (Å²) in [5.74, 6) is -2.60. The highest BCUT2D eigenvalue weighted by molar-refractivity contribution is 6.46. The van der Waals surface area contributed by atoms with Gasteiger partial charge in [-0.25, -0.2) is 4.39 Å². The average molecular weight is 355 g/mol. The molecule has 2 N–H and O–H groups in total. The van der Waals surface area contributed by atoms with Crippen molar-refractivity contribution < 1.29 is 24.2 Å². The van der Waals surface area contributed by atoms with Crippen LogP contribution in [0.5, 0.6) is 0 Å². The molecular formula is C20H18FNO4. The van der Waals surface area contributed by atoms with Gasteiger partial charge in [0.05, 0.1) is 11.6 Å². The van der Waals surface area contributed by atoms with Crippen molar-refractivity contribution in [1.82, 2.24) is 4.90 Å². The fourth-order valence-electron chi connectivity index (χ4n) is 3.12. The van der Waals surface area contributed by atoms with Crippen LogP contribution >= 0.6 is 0 Å². The van der Waals surface area contributed by atoms with E-state index in [0.717, 1.165) is 0 Å². The molecule has 1 aliphatic heterocycles. The maximum Gasteiger partial charge on any atom is 0.295 e. The van der Waals surface area contributed by atoms with Gasteiger partial charge in [-0.15, -0.1) is 0 Å². The van der Waals surface area contributed by atoms with E-state index in [1.807, 2.05) is 0 Å². The van der Waals surface area contributed by atoms with Gasteiger partial charge in [-0.05, 0) is 12.5 Å². The maximum absolute atomic E-state index is 14.4. The minimum absolute atomic E-state index is 0.0750. The molecule has 1 atom stereocenters. The van der Waals surface area contributed by atoms with Crippen LogP contribution in [0.15, 0.2) is 60.2 Å². The van der Waals surface area contributed by atoms with E-state index >= 15 is 0 Å². The summed E-state index contributed by atoms with van der Waals surface area (Å²) in [6, 6.07) is 13.1. The summed E-state index contributed by atoms with van der Waals surface area (Å²) < 4.78 is 14.4. The van der Waals surface area contributed by atoms with Crippen LogP contribution in [0, 0.1) is 5.82 Å². The second-order valence-electron chi connectivity index (χ2n) is 5.96. The van der Waals surface area contributed by atoms with Gasteiger partial charge in [-0.3, -0.25) is 9.59 Å². The average Bonchev–Trinajstić information content (AvgIpc) is 2.91. The summed E-state index contributed by atoms with van der Waals surface area (Å²) in [4.78, 5) is 26.3. The molecule has 1 aliphatic rings. The van der Waals surface area contributed by atoms with E-state index in [9.17, 15) is 19.1 Å². The molecule has 26 heavy (non-hydrogen) atoms. The number of hydrogen-bond donors (Lipinski definition) is 2. The predicted molar refractivity (Wildman–Crippen MR) is 93.6 cm³/mol. The van der Waals surface area contributed by atoms with E-state index in [2.05, 4.69) is 0 Å². The second-order valence-corrected chi connectivity index (χ2v) is 5.96. The normalized spacial score (nSPS) is 19.2. The second kappa shape index (κ2) is 7.49. The molecule has 0 spiro atoms. The van der Waals surface area contributed by atoms with E-state index in [4.69, 9.17) is 5.11 Å². The first kappa shape index (κ1) is 17.8. The first-order valence-electron chi connectivity index (χ1n) is 8.25. The standard InChI is InChI=1S/C20H18FNO4/c21-15-10-5-4-9-14(15)17-16(18(24)13-7-2-1-3-8-13)19(25)20(26)22(17)11-6-12-23/h1-5,7-10,17,23-24H,6,11-12H2/t17-/m1/s1. The van der Waals surface area contributed by atoms with Gasteiger partial charge in [0.25, 0.3) is 11.7 Å². The topological polar surface area (TPSA) is 77.8 Å². The lowest BCUT2D eigenvalue weighted by molar-refractivity contribution is -0.140. The highest BCUT2D eigenvalue weighted by Crippen LogP contribution is 2.40. The highest BCUT2D eigenvalue weighted by Gasteiger charge is 2.46. The van der Waals surface area contributed by atoms with Crippen molar-refractivity contribution in [1.29, 1.82) is 0 Å². The van der Waals surface area contributed by atoms with Crippen LogP contribution in [0.4, 0.5) is 4.39 Å². The van der Waals surface area contributed by atoms with Crippen molar-refractivity contribution in [2.24, 2.45) is 0 Å². The molecule has 0 aromatic heterocycles. The Morgan fingerprint density at radius 1 is 1.04 bits per heavy atom. The molecule has 5 nitrogen and oxygen atoms in total. The van der Waals surface area contributed by atoms with E-state index in [-0.39, 0.29) is 36.5 Å². The molecule has 0 radical (unpaired) electrons. The summed E-state index contributed by atoms with van der Waals surface area (Å²) in [7, 11) is 0. The Bertz CT molecular complexity index is 863. The zero-order chi connectivity index (χ0) is 18.7. The molecule has 1 fully saturated rings. The van der Waals surface area contributed by atoms with Crippen LogP contribution < -0.4 is 0 Å². The van der Waals surface area contributed by atoms with Crippen molar-refractivity contribution in [3.05, 3.63) is 77.1 Å². The Kier molecular flexibility index (Phi) is 5.14. The number of carbonyl (C=O) groups excluding carboxylic acids is 2. The van der Waals surface area contributed by atoms with Crippen LogP contribution in [-0.2, 0) is 9.59 Å². The van der Waals surface area contributed by atoms with Gasteiger partial charge in [-0.2, -0.15) is 0 Å². The fourth-order valence-corrected chi connectivity index (χ4v) is 3.12. The van der Waals surface area contributed by atoms with E-state index in [1.165, 1.54) is 23.1 Å². The Morgan fingerprint density at radius 3 is 2.35 bits per heavy atom. The molecule has 2 aromatic rings. The Hall–Kier alpha value is -2.99. The predicted octanol–water partition coefficient (Wildman–Crippen LogP) is 2.63. The molecule has 2 aromatic carbocycles. The van der Waals surface area contributed by atoms with E-state index in [1.54, 1.807) is 36.4 Å². The number of carbonyl (C=O) groups is 2. The third kappa shape index (κ3) is 3.11. The molecule has 134 valence electrons. The van der Waals surface area contributed by atoms with Crippen LogP contribution in [0.2, 0.25) is 0 Å². The number of aliphatic hydroxyl groups excluding tert-OH is 2. The molecule has 0 unspecified atom stereocenters. The number of ketones is 1. The van der Waals surface area contributed by atoms with Crippen molar-refractivity contribution in [2.45, 2.75) is 12.5 Å². The number of rotatable bonds is 5. The van der Waals surface area contributed by atoms with E-state index in [0.29, 0.717) is 5.56 Å². The van der Waals surface area contributed by atoms with Crippen LogP contribution in [0.1, 0.15) is 23.6 Å². The van der Waals surface area contributed by atoms with Gasteiger partial charge in [0, 0.05) is 24.3 Å². The lowest BCUT2D eigenvalue weighted by Crippen LogP contribution is -2.31. The third-order valence-corrected chi connectivity index (χ3v) is 4.34. The van der Waals surface area contributed by atoms with Gasteiger partial charge in [0.1, 0.15) is 11.6 Å². The van der Waals surface area contributed by atoms with Gasteiger partial charge in [0.2, 0.25) is 0 Å². The fraction of sp³-hybridized carbons (Fsp3) is 0.200. The summed E-state index contributed by atoms with van der Waals surface area (Å²) in [6.07, 6.45) is 0.239. The van der Waals surface area contributed by atoms with Gasteiger partial charge in [0.15, 0.2) is 0 Å². The third-order valence-electron chi connectivity index (χ3n) is 4.34. The number of hydrogen-bond acceptors (Lipinski definition) is 4. The number of benzene rings is 2. The number of amides is 1. The Morgan fingerprint density at radius 2 is 1.69 bits per heavy atom. The summed E-state index contributed by atoms with van der Waals surface area (Å²) in [6.45, 7) is -0.0999. The lowest BCUT2D eigenvalue weighted by atomic mass is 9.95. The zero-order valence-corrected chi connectivity index (χ0v) is 13.9. The first-order valence-corrected chi connectivity index (χ1v) is 8.25. The quantitative estimate of drug-likeness (QED) is 0.491. The monoisotopic (exact) mass is 355 g/mol. The maximum atomic E-state index is 14.4. The largest absolute Gasteiger partial charge is 0.507 e. The molecule has 6 heteroatoms. The molecule has 1 amide bonds. The van der Waals surface area contributed by atoms with Crippen LogP contribution in [-0.4, -0.2) is 40.0 Å². The SMILES string of the molecule is O=C1C(=O)N(CCCO)[C@H](c2ccccc2F)C1=C(O)c1ccccc1. The Balaban J connectivity index is 2.19. The molecule has 1 heterocycles. The molecule has 0 aliphatic carbocycles. The number of halogens is 1. The van der Waals surface area contributed by atoms with Crippen LogP contribution in [0.25, 0.3) is 5.76 Å². The Labute approximate surface area is 150 Å². The zero-order valence-electron chi connectivity index (χ0n) is 13.9. The molecule has 1 saturated heterocycles. The van der Waals surface area contributed by atoms with Gasteiger partial charge in [-0.1, -0.05) is 48.5 Å². The number of Topliss-reactive ketones (excluding diaryl/α,β-unsaturated/α-hetero) is 1. The molecule has 3 rings (SSSR count). The molecule has 0 saturated carbocycles. The lowest BCUT2D eigenvalue weighted by Gasteiger charge is -2.25. The van der Waals surface area contributed by atoms with Crippen molar-refractivity contribution in [3.63, 3.8) is 0 Å². The number of nitrogens with zero attached hydrogens (tertiary/aromatic N) is 1. The highest BCUT2D eigenvalue weighted by atomic mass is 19.1. The van der Waals surface area contributed by atoms with Gasteiger partial charge < -0.3 is 15.1 Å². The summed E-state index contributed by atoms with van der Waals surface area (Å²) >= 11 is 0. The molecule has 0 bridgehead atoms. The molecular weight excluding hydrogens is 337 g/mol. The summed E-state index contributed by atoms with van der Waals surface area (Å²) in [5.41, 5.74) is 0.348. The van der Waals surface area contributed by atoms with Crippen molar-refractivity contribution in [3.8, 4) is 0 Å².